The van der Waals surface area contributed by atoms with E-state index in [1.165, 1.54) is 18.2 Å². The van der Waals surface area contributed by atoms with Crippen LogP contribution in [0.5, 0.6) is 5.75 Å². The second-order valence-electron chi connectivity index (χ2n) is 4.34. The van der Waals surface area contributed by atoms with Crippen molar-refractivity contribution in [3.8, 4) is 5.75 Å². The Balaban J connectivity index is 2.12. The van der Waals surface area contributed by atoms with Crippen molar-refractivity contribution in [2.45, 2.75) is 18.4 Å². The van der Waals surface area contributed by atoms with Gasteiger partial charge < -0.3 is 4.74 Å². The number of nitrogens with one attached hydrogen (secondary N) is 1. The van der Waals surface area contributed by atoms with Gasteiger partial charge in [-0.2, -0.15) is 0 Å². The topological polar surface area (TPSA) is 55.4 Å². The molecule has 2 aromatic carbocycles. The van der Waals surface area contributed by atoms with Gasteiger partial charge in [0, 0.05) is 6.54 Å². The van der Waals surface area contributed by atoms with Crippen molar-refractivity contribution in [3.63, 3.8) is 0 Å². The Morgan fingerprint density at radius 3 is 2.62 bits per heavy atom. The highest BCUT2D eigenvalue weighted by molar-refractivity contribution is 7.89. The monoisotopic (exact) mass is 309 g/mol. The van der Waals surface area contributed by atoms with Gasteiger partial charge in [0.2, 0.25) is 10.0 Å². The molecule has 2 aromatic rings. The second-order valence-corrected chi connectivity index (χ2v) is 6.07. The highest BCUT2D eigenvalue weighted by Gasteiger charge is 2.17. The molecule has 0 spiro atoms. The summed E-state index contributed by atoms with van der Waals surface area (Å²) in [5.41, 5.74) is 0.737. The normalized spacial score (nSPS) is 11.3. The smallest absolute Gasteiger partial charge is 0.243 e. The van der Waals surface area contributed by atoms with E-state index in [1.54, 1.807) is 24.3 Å². The Bertz CT molecular complexity index is 716. The number of rotatable bonds is 6. The molecule has 0 heterocycles. The van der Waals surface area contributed by atoms with Crippen LogP contribution in [0.4, 0.5) is 4.39 Å². The standard InChI is InChI=1S/C15H16FNO3S/c1-2-20-13-7-5-6-12(10-13)11-17-21(18,19)15-9-4-3-8-14(15)16/h3-10,17H,2,11H2,1H3. The molecule has 2 rings (SSSR count). The lowest BCUT2D eigenvalue weighted by atomic mass is 10.2. The number of sulfonamides is 1. The number of hydrogen-bond acceptors (Lipinski definition) is 3. The van der Waals surface area contributed by atoms with Crippen molar-refractivity contribution < 1.29 is 17.5 Å². The fraction of sp³-hybridized carbons (Fsp3) is 0.200. The fourth-order valence-electron chi connectivity index (χ4n) is 1.83. The Kier molecular flexibility index (Phi) is 4.93. The average molecular weight is 309 g/mol. The minimum atomic E-state index is -3.88. The fourth-order valence-corrected chi connectivity index (χ4v) is 2.93. The molecule has 6 heteroatoms. The summed E-state index contributed by atoms with van der Waals surface area (Å²) in [5, 5.41) is 0. The zero-order valence-corrected chi connectivity index (χ0v) is 12.4. The third kappa shape index (κ3) is 4.03. The number of ether oxygens (including phenoxy) is 1. The van der Waals surface area contributed by atoms with Crippen LogP contribution >= 0.6 is 0 Å². The second kappa shape index (κ2) is 6.69. The van der Waals surface area contributed by atoms with Crippen LogP contribution in [0.3, 0.4) is 0 Å². The van der Waals surface area contributed by atoms with Crippen molar-refractivity contribution in [2.24, 2.45) is 0 Å². The van der Waals surface area contributed by atoms with Crippen LogP contribution in [-0.2, 0) is 16.6 Å². The molecule has 1 N–H and O–H groups in total. The van der Waals surface area contributed by atoms with Crippen LogP contribution in [-0.4, -0.2) is 15.0 Å². The van der Waals surface area contributed by atoms with Crippen molar-refractivity contribution in [1.82, 2.24) is 4.72 Å². The van der Waals surface area contributed by atoms with Crippen LogP contribution in [0.1, 0.15) is 12.5 Å². The van der Waals surface area contributed by atoms with Crippen molar-refractivity contribution in [2.75, 3.05) is 6.61 Å². The first-order valence-electron chi connectivity index (χ1n) is 6.49. The summed E-state index contributed by atoms with van der Waals surface area (Å²) in [6.07, 6.45) is 0. The quantitative estimate of drug-likeness (QED) is 0.892. The Morgan fingerprint density at radius 2 is 1.90 bits per heavy atom. The highest BCUT2D eigenvalue weighted by Crippen LogP contribution is 2.16. The average Bonchev–Trinajstić information content (AvgIpc) is 2.46. The Hall–Kier alpha value is -1.92. The van der Waals surface area contributed by atoms with Crippen molar-refractivity contribution in [3.05, 3.63) is 59.9 Å². The Labute approximate surface area is 123 Å². The van der Waals surface area contributed by atoms with Crippen LogP contribution in [0, 0.1) is 5.82 Å². The van der Waals surface area contributed by atoms with Gasteiger partial charge in [-0.05, 0) is 36.8 Å². The van der Waals surface area contributed by atoms with Crippen molar-refractivity contribution in [1.29, 1.82) is 0 Å². The van der Waals surface area contributed by atoms with Gasteiger partial charge in [-0.15, -0.1) is 0 Å². The summed E-state index contributed by atoms with van der Waals surface area (Å²) in [6.45, 7) is 2.47. The predicted octanol–water partition coefficient (Wildman–Crippen LogP) is 2.70. The molecule has 0 aliphatic heterocycles. The predicted molar refractivity (Wildman–Crippen MR) is 78.0 cm³/mol. The SMILES string of the molecule is CCOc1cccc(CNS(=O)(=O)c2ccccc2F)c1. The van der Waals surface area contributed by atoms with E-state index in [1.807, 2.05) is 6.92 Å². The summed E-state index contributed by atoms with van der Waals surface area (Å²) in [7, 11) is -3.88. The largest absolute Gasteiger partial charge is 0.494 e. The maximum Gasteiger partial charge on any atom is 0.243 e. The summed E-state index contributed by atoms with van der Waals surface area (Å²) in [4.78, 5) is -0.356. The summed E-state index contributed by atoms with van der Waals surface area (Å²) in [6, 6.07) is 12.3. The van der Waals surface area contributed by atoms with E-state index in [9.17, 15) is 12.8 Å². The first-order chi connectivity index (χ1) is 10.0. The highest BCUT2D eigenvalue weighted by atomic mass is 32.2. The van der Waals surface area contributed by atoms with E-state index >= 15 is 0 Å². The summed E-state index contributed by atoms with van der Waals surface area (Å²) >= 11 is 0. The van der Waals surface area contributed by atoms with E-state index < -0.39 is 15.8 Å². The molecule has 0 aliphatic carbocycles. The van der Waals surface area contributed by atoms with Gasteiger partial charge in [0.25, 0.3) is 0 Å². The van der Waals surface area contributed by atoms with Gasteiger partial charge in [-0.1, -0.05) is 24.3 Å². The number of halogens is 1. The Morgan fingerprint density at radius 1 is 1.14 bits per heavy atom. The lowest BCUT2D eigenvalue weighted by Crippen LogP contribution is -2.24. The first kappa shape index (κ1) is 15.5. The van der Waals surface area contributed by atoms with E-state index in [0.717, 1.165) is 11.6 Å². The molecule has 0 radical (unpaired) electrons. The third-order valence-corrected chi connectivity index (χ3v) is 4.24. The van der Waals surface area contributed by atoms with Crippen molar-refractivity contribution >= 4 is 10.0 Å². The van der Waals surface area contributed by atoms with Gasteiger partial charge in [0.05, 0.1) is 6.61 Å². The molecule has 0 unspecified atom stereocenters. The minimum Gasteiger partial charge on any atom is -0.494 e. The van der Waals surface area contributed by atoms with Crippen LogP contribution in [0.2, 0.25) is 0 Å². The first-order valence-corrected chi connectivity index (χ1v) is 7.97. The molecule has 0 fully saturated rings. The summed E-state index contributed by atoms with van der Waals surface area (Å²) < 4.78 is 45.4. The number of benzene rings is 2. The third-order valence-electron chi connectivity index (χ3n) is 2.80. The van der Waals surface area contributed by atoms with Gasteiger partial charge in [0.1, 0.15) is 16.5 Å². The molecular formula is C15H16FNO3S. The minimum absolute atomic E-state index is 0.0670. The molecular weight excluding hydrogens is 293 g/mol. The van der Waals surface area contributed by atoms with Gasteiger partial charge >= 0.3 is 0 Å². The zero-order valence-electron chi connectivity index (χ0n) is 11.5. The summed E-state index contributed by atoms with van der Waals surface area (Å²) in [5.74, 6) is -0.104. The van der Waals surface area contributed by atoms with E-state index in [0.29, 0.717) is 12.4 Å². The number of hydrogen-bond donors (Lipinski definition) is 1. The molecule has 0 amide bonds. The lowest BCUT2D eigenvalue weighted by Gasteiger charge is -2.09. The van der Waals surface area contributed by atoms with Crippen LogP contribution < -0.4 is 9.46 Å². The molecule has 0 aromatic heterocycles. The van der Waals surface area contributed by atoms with Gasteiger partial charge in [-0.3, -0.25) is 0 Å². The van der Waals surface area contributed by atoms with Gasteiger partial charge in [-0.25, -0.2) is 17.5 Å². The molecule has 0 saturated heterocycles. The molecule has 4 nitrogen and oxygen atoms in total. The van der Waals surface area contributed by atoms with Crippen LogP contribution in [0.25, 0.3) is 0 Å². The zero-order chi connectivity index (χ0) is 15.3. The van der Waals surface area contributed by atoms with E-state index in [4.69, 9.17) is 4.74 Å². The lowest BCUT2D eigenvalue weighted by molar-refractivity contribution is 0.340. The molecule has 0 saturated carbocycles. The van der Waals surface area contributed by atoms with E-state index in [-0.39, 0.29) is 11.4 Å². The molecule has 0 bridgehead atoms. The molecule has 21 heavy (non-hydrogen) atoms. The maximum atomic E-state index is 13.5. The molecule has 0 aliphatic rings. The molecule has 0 atom stereocenters. The van der Waals surface area contributed by atoms with Crippen LogP contribution in [0.15, 0.2) is 53.4 Å². The molecule has 112 valence electrons. The van der Waals surface area contributed by atoms with E-state index in [2.05, 4.69) is 4.72 Å². The van der Waals surface area contributed by atoms with Gasteiger partial charge in [0.15, 0.2) is 0 Å². The maximum absolute atomic E-state index is 13.5.